The highest BCUT2D eigenvalue weighted by Gasteiger charge is 2.28. The second-order valence-corrected chi connectivity index (χ2v) is 9.81. The van der Waals surface area contributed by atoms with Crippen molar-refractivity contribution < 1.29 is 9.72 Å². The van der Waals surface area contributed by atoms with Crippen molar-refractivity contribution in [2.45, 2.75) is 58.7 Å². The van der Waals surface area contributed by atoms with Gasteiger partial charge in [-0.2, -0.15) is 0 Å². The van der Waals surface area contributed by atoms with Crippen LogP contribution in [0.15, 0.2) is 85.1 Å². The summed E-state index contributed by atoms with van der Waals surface area (Å²) >= 11 is 0. The minimum atomic E-state index is -0.361. The number of carbonyl (C=O) groups is 1. The van der Waals surface area contributed by atoms with E-state index >= 15 is 0 Å². The van der Waals surface area contributed by atoms with Crippen LogP contribution in [0.2, 0.25) is 0 Å². The van der Waals surface area contributed by atoms with Crippen molar-refractivity contribution in [3.05, 3.63) is 112 Å². The van der Waals surface area contributed by atoms with E-state index in [2.05, 4.69) is 22.9 Å². The first kappa shape index (κ1) is 25.2. The van der Waals surface area contributed by atoms with Gasteiger partial charge in [-0.15, -0.1) is 0 Å². The molecule has 1 unspecified atom stereocenters. The van der Waals surface area contributed by atoms with Crippen molar-refractivity contribution in [1.82, 2.24) is 9.47 Å². The molecule has 0 aliphatic heterocycles. The molecule has 0 spiro atoms. The van der Waals surface area contributed by atoms with E-state index in [1.165, 1.54) is 0 Å². The van der Waals surface area contributed by atoms with E-state index in [-0.39, 0.29) is 40.9 Å². The second-order valence-electron chi connectivity index (χ2n) is 9.81. The summed E-state index contributed by atoms with van der Waals surface area (Å²) in [6, 6.07) is 25.3. The molecule has 0 radical (unpaired) electrons. The van der Waals surface area contributed by atoms with E-state index in [1.54, 1.807) is 12.1 Å². The van der Waals surface area contributed by atoms with E-state index in [1.807, 2.05) is 87.2 Å². The standard InChI is InChI=1S/C30H33N3O3/c1-21(2)32(22(3)4)30(34)18-26(24-13-9-6-10-14-24)28-20-31(19-23-11-7-5-8-12-23)29-16-15-25(33(35)36)17-27(28)29/h5-17,20-22,26H,18-19H2,1-4H3. The number of carbonyl (C=O) groups excluding carboxylic acids is 1. The molecule has 186 valence electrons. The predicted octanol–water partition coefficient (Wildman–Crippen LogP) is 6.77. The molecule has 36 heavy (non-hydrogen) atoms. The minimum absolute atomic E-state index is 0.0466. The van der Waals surface area contributed by atoms with Gasteiger partial charge in [-0.3, -0.25) is 14.9 Å². The zero-order chi connectivity index (χ0) is 25.8. The molecule has 1 aromatic heterocycles. The first-order chi connectivity index (χ1) is 17.3. The van der Waals surface area contributed by atoms with Crippen LogP contribution in [0.5, 0.6) is 0 Å². The number of nitrogens with zero attached hydrogens (tertiary/aromatic N) is 3. The van der Waals surface area contributed by atoms with E-state index < -0.39 is 0 Å². The average Bonchev–Trinajstić information content (AvgIpc) is 3.20. The van der Waals surface area contributed by atoms with Gasteiger partial charge in [-0.1, -0.05) is 60.7 Å². The van der Waals surface area contributed by atoms with Crippen LogP contribution in [0, 0.1) is 10.1 Å². The zero-order valence-electron chi connectivity index (χ0n) is 21.3. The van der Waals surface area contributed by atoms with Gasteiger partial charge in [0.1, 0.15) is 0 Å². The molecular formula is C30H33N3O3. The molecule has 0 fully saturated rings. The van der Waals surface area contributed by atoms with Crippen molar-refractivity contribution in [1.29, 1.82) is 0 Å². The number of aromatic nitrogens is 1. The smallest absolute Gasteiger partial charge is 0.270 e. The minimum Gasteiger partial charge on any atom is -0.343 e. The summed E-state index contributed by atoms with van der Waals surface area (Å²) < 4.78 is 2.13. The van der Waals surface area contributed by atoms with Gasteiger partial charge in [0.05, 0.1) is 4.92 Å². The van der Waals surface area contributed by atoms with Crippen LogP contribution in [-0.4, -0.2) is 32.4 Å². The fraction of sp³-hybridized carbons (Fsp3) is 0.300. The van der Waals surface area contributed by atoms with Gasteiger partial charge >= 0.3 is 0 Å². The Bertz CT molecular complexity index is 1340. The molecule has 1 heterocycles. The van der Waals surface area contributed by atoms with E-state index in [0.29, 0.717) is 6.54 Å². The number of amides is 1. The van der Waals surface area contributed by atoms with Crippen LogP contribution < -0.4 is 0 Å². The number of hydrogen-bond acceptors (Lipinski definition) is 3. The summed E-state index contributed by atoms with van der Waals surface area (Å²) in [5, 5.41) is 12.5. The Hall–Kier alpha value is -3.93. The largest absolute Gasteiger partial charge is 0.343 e. The topological polar surface area (TPSA) is 68.4 Å². The lowest BCUT2D eigenvalue weighted by Crippen LogP contribution is -2.42. The van der Waals surface area contributed by atoms with Gasteiger partial charge in [-0.25, -0.2) is 0 Å². The summed E-state index contributed by atoms with van der Waals surface area (Å²) in [5.41, 5.74) is 4.04. The molecule has 0 N–H and O–H groups in total. The molecule has 0 aliphatic carbocycles. The fourth-order valence-corrected chi connectivity index (χ4v) is 5.16. The van der Waals surface area contributed by atoms with Gasteiger partial charge in [0.15, 0.2) is 0 Å². The van der Waals surface area contributed by atoms with Crippen LogP contribution in [0.1, 0.15) is 56.7 Å². The predicted molar refractivity (Wildman–Crippen MR) is 144 cm³/mol. The summed E-state index contributed by atoms with van der Waals surface area (Å²) in [4.78, 5) is 26.8. The number of benzene rings is 3. The lowest BCUT2D eigenvalue weighted by molar-refractivity contribution is -0.384. The molecule has 6 nitrogen and oxygen atoms in total. The fourth-order valence-electron chi connectivity index (χ4n) is 5.16. The van der Waals surface area contributed by atoms with Gasteiger partial charge in [0, 0.05) is 60.2 Å². The summed E-state index contributed by atoms with van der Waals surface area (Å²) in [6.07, 6.45) is 2.36. The number of nitro groups is 1. The van der Waals surface area contributed by atoms with Crippen LogP contribution in [-0.2, 0) is 11.3 Å². The Morgan fingerprint density at radius 2 is 1.53 bits per heavy atom. The molecular weight excluding hydrogens is 450 g/mol. The number of non-ortho nitro benzene ring substituents is 1. The molecule has 1 atom stereocenters. The maximum absolute atomic E-state index is 13.6. The third-order valence-corrected chi connectivity index (χ3v) is 6.66. The van der Waals surface area contributed by atoms with E-state index in [0.717, 1.165) is 27.6 Å². The third kappa shape index (κ3) is 5.33. The van der Waals surface area contributed by atoms with Crippen molar-refractivity contribution >= 4 is 22.5 Å². The van der Waals surface area contributed by atoms with Crippen molar-refractivity contribution in [3.8, 4) is 0 Å². The summed E-state index contributed by atoms with van der Waals surface area (Å²) in [6.45, 7) is 8.76. The lowest BCUT2D eigenvalue weighted by Gasteiger charge is -2.32. The van der Waals surface area contributed by atoms with Gasteiger partial charge in [-0.05, 0) is 50.5 Å². The number of hydrogen-bond donors (Lipinski definition) is 0. The maximum atomic E-state index is 13.6. The Morgan fingerprint density at radius 3 is 2.11 bits per heavy atom. The molecule has 0 saturated carbocycles. The number of nitro benzene ring substituents is 1. The maximum Gasteiger partial charge on any atom is 0.270 e. The first-order valence-electron chi connectivity index (χ1n) is 12.4. The summed E-state index contributed by atoms with van der Waals surface area (Å²) in [5.74, 6) is -0.163. The molecule has 0 saturated heterocycles. The van der Waals surface area contributed by atoms with Crippen molar-refractivity contribution in [2.24, 2.45) is 0 Å². The SMILES string of the molecule is CC(C)N(C(=O)CC(c1ccccc1)c1cn(Cc2ccccc2)c2ccc([N+](=O)[O-])cc12)C(C)C. The van der Waals surface area contributed by atoms with Crippen LogP contribution >= 0.6 is 0 Å². The van der Waals surface area contributed by atoms with Crippen LogP contribution in [0.25, 0.3) is 10.9 Å². The molecule has 6 heteroatoms. The Kier molecular flexibility index (Phi) is 7.53. The average molecular weight is 484 g/mol. The van der Waals surface area contributed by atoms with Gasteiger partial charge in [0.25, 0.3) is 5.69 Å². The lowest BCUT2D eigenvalue weighted by atomic mass is 9.87. The van der Waals surface area contributed by atoms with E-state index in [9.17, 15) is 14.9 Å². The van der Waals surface area contributed by atoms with Crippen molar-refractivity contribution in [2.75, 3.05) is 0 Å². The van der Waals surface area contributed by atoms with Gasteiger partial charge in [0.2, 0.25) is 5.91 Å². The molecule has 0 aliphatic rings. The number of rotatable bonds is 9. The summed E-state index contributed by atoms with van der Waals surface area (Å²) in [7, 11) is 0. The normalized spacial score (nSPS) is 12.3. The highest BCUT2D eigenvalue weighted by atomic mass is 16.6. The Balaban J connectivity index is 1.87. The third-order valence-electron chi connectivity index (χ3n) is 6.66. The molecule has 3 aromatic carbocycles. The monoisotopic (exact) mass is 483 g/mol. The first-order valence-corrected chi connectivity index (χ1v) is 12.4. The van der Waals surface area contributed by atoms with E-state index in [4.69, 9.17) is 0 Å². The molecule has 1 amide bonds. The Morgan fingerprint density at radius 1 is 0.917 bits per heavy atom. The van der Waals surface area contributed by atoms with Crippen molar-refractivity contribution in [3.63, 3.8) is 0 Å². The Labute approximate surface area is 212 Å². The zero-order valence-corrected chi connectivity index (χ0v) is 21.3. The number of fused-ring (bicyclic) bond motifs is 1. The van der Waals surface area contributed by atoms with Gasteiger partial charge < -0.3 is 9.47 Å². The van der Waals surface area contributed by atoms with Crippen LogP contribution in [0.4, 0.5) is 5.69 Å². The molecule has 0 bridgehead atoms. The highest BCUT2D eigenvalue weighted by Crippen LogP contribution is 2.37. The molecule has 4 rings (SSSR count). The quantitative estimate of drug-likeness (QED) is 0.195. The molecule has 4 aromatic rings. The second kappa shape index (κ2) is 10.8. The van der Waals surface area contributed by atoms with Crippen LogP contribution in [0.3, 0.4) is 0 Å². The highest BCUT2D eigenvalue weighted by molar-refractivity contribution is 5.88.